The van der Waals surface area contributed by atoms with E-state index >= 15 is 0 Å². The fourth-order valence-electron chi connectivity index (χ4n) is 2.21. The quantitative estimate of drug-likeness (QED) is 0.880. The van der Waals surface area contributed by atoms with E-state index in [9.17, 15) is 0 Å². The molecule has 1 atom stereocenters. The minimum Gasteiger partial charge on any atom is -0.308 e. The molecule has 0 bridgehead atoms. The smallest absolute Gasteiger partial charge is 0.0841 e. The molecule has 1 aromatic heterocycles. The number of hydrogen-bond donors (Lipinski definition) is 1. The fraction of sp³-hybridized carbons (Fsp3) is 0.533. The summed E-state index contributed by atoms with van der Waals surface area (Å²) < 4.78 is 1.97. The summed E-state index contributed by atoms with van der Waals surface area (Å²) >= 11 is 1.97. The first-order valence-electron chi connectivity index (χ1n) is 6.85. The average Bonchev–Trinajstić information content (AvgIpc) is 2.70. The van der Waals surface area contributed by atoms with Gasteiger partial charge in [-0.1, -0.05) is 18.6 Å². The first kappa shape index (κ1) is 14.4. The summed E-state index contributed by atoms with van der Waals surface area (Å²) in [6.07, 6.45) is 0. The van der Waals surface area contributed by atoms with Gasteiger partial charge in [0.1, 0.15) is 0 Å². The van der Waals surface area contributed by atoms with Gasteiger partial charge in [0.15, 0.2) is 0 Å². The molecule has 19 heavy (non-hydrogen) atoms. The predicted octanol–water partition coefficient (Wildman–Crippen LogP) is 3.11. The Balaban J connectivity index is 2.10. The van der Waals surface area contributed by atoms with Crippen molar-refractivity contribution in [3.8, 4) is 0 Å². The molecule has 0 saturated heterocycles. The van der Waals surface area contributed by atoms with E-state index < -0.39 is 0 Å². The molecule has 1 N–H and O–H groups in total. The predicted molar refractivity (Wildman–Crippen MR) is 84.8 cm³/mol. The van der Waals surface area contributed by atoms with Crippen LogP contribution in [0.15, 0.2) is 18.2 Å². The summed E-state index contributed by atoms with van der Waals surface area (Å²) in [5, 5.41) is 9.46. The van der Waals surface area contributed by atoms with Gasteiger partial charge in [-0.15, -0.1) is 0 Å². The van der Waals surface area contributed by atoms with Gasteiger partial charge in [-0.2, -0.15) is 16.9 Å². The highest BCUT2D eigenvalue weighted by molar-refractivity contribution is 7.99. The SMILES string of the molecule is CCSC[C@@H](C)NCc1nn(C)c2ccc(C)cc12. The number of aryl methyl sites for hydroxylation is 2. The molecule has 1 heterocycles. The molecule has 4 heteroatoms. The number of aromatic nitrogens is 2. The van der Waals surface area contributed by atoms with Crippen LogP contribution in [0.5, 0.6) is 0 Å². The Morgan fingerprint density at radius 3 is 2.95 bits per heavy atom. The number of fused-ring (bicyclic) bond motifs is 1. The van der Waals surface area contributed by atoms with E-state index in [2.05, 4.69) is 49.4 Å². The van der Waals surface area contributed by atoms with E-state index in [4.69, 9.17) is 0 Å². The van der Waals surface area contributed by atoms with E-state index in [1.165, 1.54) is 22.2 Å². The lowest BCUT2D eigenvalue weighted by molar-refractivity contribution is 0.583. The largest absolute Gasteiger partial charge is 0.308 e. The minimum absolute atomic E-state index is 0.520. The molecule has 2 aromatic rings. The lowest BCUT2D eigenvalue weighted by Crippen LogP contribution is -2.28. The zero-order valence-electron chi connectivity index (χ0n) is 12.2. The molecule has 0 spiro atoms. The van der Waals surface area contributed by atoms with Crippen LogP contribution in [-0.4, -0.2) is 27.3 Å². The van der Waals surface area contributed by atoms with Crippen LogP contribution in [0.3, 0.4) is 0 Å². The van der Waals surface area contributed by atoms with E-state index in [0.29, 0.717) is 6.04 Å². The lowest BCUT2D eigenvalue weighted by Gasteiger charge is -2.11. The van der Waals surface area contributed by atoms with E-state index in [1.807, 2.05) is 23.5 Å². The highest BCUT2D eigenvalue weighted by Crippen LogP contribution is 2.19. The van der Waals surface area contributed by atoms with Gasteiger partial charge in [0, 0.05) is 30.8 Å². The summed E-state index contributed by atoms with van der Waals surface area (Å²) in [6, 6.07) is 7.04. The average molecular weight is 277 g/mol. The molecule has 2 rings (SSSR count). The third-order valence-corrected chi connectivity index (χ3v) is 4.42. The van der Waals surface area contributed by atoms with Crippen molar-refractivity contribution in [2.24, 2.45) is 7.05 Å². The van der Waals surface area contributed by atoms with Crippen LogP contribution < -0.4 is 5.32 Å². The molecule has 0 radical (unpaired) electrons. The van der Waals surface area contributed by atoms with Gasteiger partial charge in [-0.25, -0.2) is 0 Å². The molecule has 0 amide bonds. The van der Waals surface area contributed by atoms with Crippen molar-refractivity contribution in [2.45, 2.75) is 33.4 Å². The fourth-order valence-corrected chi connectivity index (χ4v) is 2.91. The number of thioether (sulfide) groups is 1. The van der Waals surface area contributed by atoms with E-state index in [1.54, 1.807) is 0 Å². The summed E-state index contributed by atoms with van der Waals surface area (Å²) in [6.45, 7) is 7.40. The summed E-state index contributed by atoms with van der Waals surface area (Å²) in [5.41, 5.74) is 3.64. The number of hydrogen-bond acceptors (Lipinski definition) is 3. The van der Waals surface area contributed by atoms with Crippen molar-refractivity contribution < 1.29 is 0 Å². The molecule has 104 valence electrons. The number of nitrogens with one attached hydrogen (secondary N) is 1. The number of nitrogens with zero attached hydrogens (tertiary/aromatic N) is 2. The summed E-state index contributed by atoms with van der Waals surface area (Å²) in [4.78, 5) is 0. The van der Waals surface area contributed by atoms with Gasteiger partial charge in [-0.05, 0) is 31.7 Å². The van der Waals surface area contributed by atoms with Crippen molar-refractivity contribution in [1.29, 1.82) is 0 Å². The molecule has 0 aliphatic rings. The molecule has 3 nitrogen and oxygen atoms in total. The van der Waals surface area contributed by atoms with Crippen LogP contribution in [0, 0.1) is 6.92 Å². The lowest BCUT2D eigenvalue weighted by atomic mass is 10.1. The maximum Gasteiger partial charge on any atom is 0.0841 e. The highest BCUT2D eigenvalue weighted by atomic mass is 32.2. The maximum absolute atomic E-state index is 4.63. The first-order chi connectivity index (χ1) is 9.11. The number of rotatable bonds is 6. The van der Waals surface area contributed by atoms with Crippen molar-refractivity contribution in [2.75, 3.05) is 11.5 Å². The van der Waals surface area contributed by atoms with E-state index in [-0.39, 0.29) is 0 Å². The molecular weight excluding hydrogens is 254 g/mol. The van der Waals surface area contributed by atoms with Crippen LogP contribution in [0.2, 0.25) is 0 Å². The van der Waals surface area contributed by atoms with Crippen LogP contribution in [0.4, 0.5) is 0 Å². The third kappa shape index (κ3) is 3.51. The van der Waals surface area contributed by atoms with Crippen LogP contribution >= 0.6 is 11.8 Å². The second-order valence-corrected chi connectivity index (χ2v) is 6.35. The van der Waals surface area contributed by atoms with Gasteiger partial charge in [0.2, 0.25) is 0 Å². The molecule has 1 aromatic carbocycles. The normalized spacial score (nSPS) is 13.1. The van der Waals surface area contributed by atoms with Crippen LogP contribution in [0.25, 0.3) is 10.9 Å². The third-order valence-electron chi connectivity index (χ3n) is 3.27. The second kappa shape index (κ2) is 6.44. The zero-order chi connectivity index (χ0) is 13.8. The Bertz CT molecular complexity index is 548. The molecular formula is C15H23N3S. The number of benzene rings is 1. The molecule has 0 aliphatic heterocycles. The topological polar surface area (TPSA) is 29.9 Å². The van der Waals surface area contributed by atoms with Gasteiger partial charge in [0.05, 0.1) is 11.2 Å². The van der Waals surface area contributed by atoms with E-state index in [0.717, 1.165) is 18.0 Å². The molecule has 0 saturated carbocycles. The summed E-state index contributed by atoms with van der Waals surface area (Å²) in [5.74, 6) is 2.33. The standard InChI is InChI=1S/C15H23N3S/c1-5-19-10-12(3)16-9-14-13-8-11(2)6-7-15(13)18(4)17-14/h6-8,12,16H,5,9-10H2,1-4H3/t12-/m1/s1. The summed E-state index contributed by atoms with van der Waals surface area (Å²) in [7, 11) is 2.01. The maximum atomic E-state index is 4.63. The van der Waals surface area contributed by atoms with Gasteiger partial charge >= 0.3 is 0 Å². The molecule has 0 aliphatic carbocycles. The Hall–Kier alpha value is -1.00. The Morgan fingerprint density at radius 1 is 1.42 bits per heavy atom. The van der Waals surface area contributed by atoms with Gasteiger partial charge < -0.3 is 5.32 Å². The van der Waals surface area contributed by atoms with Crippen molar-refractivity contribution in [1.82, 2.24) is 15.1 Å². The Labute approximate surface area is 119 Å². The van der Waals surface area contributed by atoms with Crippen LogP contribution in [0.1, 0.15) is 25.1 Å². The van der Waals surface area contributed by atoms with Gasteiger partial charge in [0.25, 0.3) is 0 Å². The van der Waals surface area contributed by atoms with Crippen molar-refractivity contribution in [3.63, 3.8) is 0 Å². The van der Waals surface area contributed by atoms with Gasteiger partial charge in [-0.3, -0.25) is 4.68 Å². The molecule has 0 unspecified atom stereocenters. The van der Waals surface area contributed by atoms with Crippen LogP contribution in [-0.2, 0) is 13.6 Å². The second-order valence-electron chi connectivity index (χ2n) is 5.03. The van der Waals surface area contributed by atoms with Crippen molar-refractivity contribution in [3.05, 3.63) is 29.5 Å². The zero-order valence-corrected chi connectivity index (χ0v) is 13.0. The molecule has 0 fully saturated rings. The monoisotopic (exact) mass is 277 g/mol. The Morgan fingerprint density at radius 2 is 2.21 bits per heavy atom. The van der Waals surface area contributed by atoms with Crippen molar-refractivity contribution >= 4 is 22.7 Å². The first-order valence-corrected chi connectivity index (χ1v) is 8.00. The highest BCUT2D eigenvalue weighted by Gasteiger charge is 2.09. The minimum atomic E-state index is 0.520. The Kier molecular flexibility index (Phi) is 4.88.